The number of halogens is 1. The first-order valence-electron chi connectivity index (χ1n) is 5.42. The zero-order chi connectivity index (χ0) is 10.4. The molecule has 0 aliphatic heterocycles. The van der Waals surface area contributed by atoms with Crippen molar-refractivity contribution in [1.82, 2.24) is 0 Å². The van der Waals surface area contributed by atoms with E-state index >= 15 is 0 Å². The van der Waals surface area contributed by atoms with Gasteiger partial charge in [-0.1, -0.05) is 62.2 Å². The standard InChI is InChI=1S/C12H19ClSi/c1-3-9-14(11(2)13)10-12-7-5-4-6-8-12/h4-8,11,14H,3,9-10H2,1-2H3. The Labute approximate surface area is 93.9 Å². The van der Waals surface area contributed by atoms with Crippen LogP contribution < -0.4 is 0 Å². The van der Waals surface area contributed by atoms with Gasteiger partial charge in [-0.05, 0) is 6.04 Å². The van der Waals surface area contributed by atoms with Crippen LogP contribution in [0, 0.1) is 0 Å². The van der Waals surface area contributed by atoms with Gasteiger partial charge in [0, 0.05) is 5.00 Å². The Bertz CT molecular complexity index is 246. The fourth-order valence-electron chi connectivity index (χ4n) is 1.78. The molecule has 0 amide bonds. The number of benzene rings is 1. The molecule has 0 bridgehead atoms. The molecular formula is C12H19ClSi. The lowest BCUT2D eigenvalue weighted by Gasteiger charge is -2.16. The van der Waals surface area contributed by atoms with Crippen molar-refractivity contribution in [2.45, 2.75) is 37.4 Å². The average molecular weight is 227 g/mol. The summed E-state index contributed by atoms with van der Waals surface area (Å²) in [5.74, 6) is 0. The van der Waals surface area contributed by atoms with Crippen LogP contribution in [0.4, 0.5) is 0 Å². The zero-order valence-corrected chi connectivity index (χ0v) is 11.0. The molecule has 1 aromatic carbocycles. The minimum absolute atomic E-state index is 0.412. The van der Waals surface area contributed by atoms with E-state index in [-0.39, 0.29) is 0 Å². The van der Waals surface area contributed by atoms with Crippen molar-refractivity contribution in [2.24, 2.45) is 0 Å². The Morgan fingerprint density at radius 1 is 1.29 bits per heavy atom. The van der Waals surface area contributed by atoms with E-state index in [0.29, 0.717) is 5.00 Å². The summed E-state index contributed by atoms with van der Waals surface area (Å²) in [7, 11) is -0.768. The van der Waals surface area contributed by atoms with Gasteiger partial charge in [-0.2, -0.15) is 0 Å². The Hall–Kier alpha value is -0.273. The number of alkyl halides is 1. The van der Waals surface area contributed by atoms with E-state index in [0.717, 1.165) is 0 Å². The van der Waals surface area contributed by atoms with Crippen LogP contribution in [-0.4, -0.2) is 13.8 Å². The molecule has 0 aliphatic carbocycles. The first-order valence-corrected chi connectivity index (χ1v) is 8.15. The highest BCUT2D eigenvalue weighted by Crippen LogP contribution is 2.13. The van der Waals surface area contributed by atoms with E-state index in [9.17, 15) is 0 Å². The third-order valence-electron chi connectivity index (χ3n) is 2.65. The van der Waals surface area contributed by atoms with Crippen molar-refractivity contribution in [3.63, 3.8) is 0 Å². The minimum Gasteiger partial charge on any atom is -0.127 e. The molecule has 0 saturated carbocycles. The lowest BCUT2D eigenvalue weighted by Crippen LogP contribution is -2.26. The van der Waals surface area contributed by atoms with Crippen LogP contribution in [-0.2, 0) is 6.04 Å². The summed E-state index contributed by atoms with van der Waals surface area (Å²) < 4.78 is 0. The normalized spacial score (nSPS) is 15.1. The molecule has 0 N–H and O–H groups in total. The monoisotopic (exact) mass is 226 g/mol. The Balaban J connectivity index is 2.55. The number of rotatable bonds is 5. The van der Waals surface area contributed by atoms with Crippen LogP contribution >= 0.6 is 11.6 Å². The molecule has 1 rings (SSSR count). The number of hydrogen-bond acceptors (Lipinski definition) is 0. The zero-order valence-electron chi connectivity index (χ0n) is 9.04. The highest BCUT2D eigenvalue weighted by molar-refractivity contribution is 6.68. The van der Waals surface area contributed by atoms with Crippen LogP contribution in [0.2, 0.25) is 6.04 Å². The maximum absolute atomic E-state index is 6.23. The lowest BCUT2D eigenvalue weighted by molar-refractivity contribution is 1.03. The van der Waals surface area contributed by atoms with Gasteiger partial charge < -0.3 is 0 Å². The molecule has 0 heterocycles. The molecule has 0 nitrogen and oxygen atoms in total. The molecule has 0 fully saturated rings. The van der Waals surface area contributed by atoms with Crippen molar-refractivity contribution in [3.8, 4) is 0 Å². The summed E-state index contributed by atoms with van der Waals surface area (Å²) in [4.78, 5) is 0. The summed E-state index contributed by atoms with van der Waals surface area (Å²) in [6, 6.07) is 13.4. The van der Waals surface area contributed by atoms with E-state index in [1.807, 2.05) is 0 Å². The van der Waals surface area contributed by atoms with Gasteiger partial charge in [-0.3, -0.25) is 0 Å². The maximum atomic E-state index is 6.23. The van der Waals surface area contributed by atoms with E-state index < -0.39 is 8.80 Å². The summed E-state index contributed by atoms with van der Waals surface area (Å²) in [6.45, 7) is 4.42. The molecule has 78 valence electrons. The molecule has 0 radical (unpaired) electrons. The van der Waals surface area contributed by atoms with Crippen molar-refractivity contribution in [2.75, 3.05) is 0 Å². The van der Waals surface area contributed by atoms with Gasteiger partial charge in [0.2, 0.25) is 0 Å². The van der Waals surface area contributed by atoms with E-state index in [1.165, 1.54) is 24.1 Å². The van der Waals surface area contributed by atoms with Crippen LogP contribution in [0.1, 0.15) is 25.8 Å². The van der Waals surface area contributed by atoms with E-state index in [2.05, 4.69) is 44.2 Å². The number of hydrogen-bond donors (Lipinski definition) is 0. The Kier molecular flexibility index (Phi) is 5.27. The third kappa shape index (κ3) is 3.85. The smallest absolute Gasteiger partial charge is 0.0619 e. The molecule has 1 aromatic rings. The third-order valence-corrected chi connectivity index (χ3v) is 7.33. The fourth-order valence-corrected chi connectivity index (χ4v) is 5.03. The summed E-state index contributed by atoms with van der Waals surface area (Å²) in [5, 5.41) is 0.412. The van der Waals surface area contributed by atoms with Crippen LogP contribution in [0.15, 0.2) is 30.3 Å². The van der Waals surface area contributed by atoms with E-state index in [4.69, 9.17) is 11.6 Å². The second-order valence-corrected chi connectivity index (χ2v) is 8.53. The Morgan fingerprint density at radius 3 is 2.43 bits per heavy atom. The predicted octanol–water partition coefficient (Wildman–Crippen LogP) is 3.57. The highest BCUT2D eigenvalue weighted by Gasteiger charge is 2.16. The van der Waals surface area contributed by atoms with Crippen LogP contribution in [0.25, 0.3) is 0 Å². The summed E-state index contributed by atoms with van der Waals surface area (Å²) >= 11 is 6.23. The second kappa shape index (κ2) is 6.26. The first-order chi connectivity index (χ1) is 6.74. The summed E-state index contributed by atoms with van der Waals surface area (Å²) in [6.07, 6.45) is 1.28. The first kappa shape index (κ1) is 11.8. The Morgan fingerprint density at radius 2 is 1.93 bits per heavy atom. The maximum Gasteiger partial charge on any atom is 0.0619 e. The molecular weight excluding hydrogens is 208 g/mol. The van der Waals surface area contributed by atoms with E-state index in [1.54, 1.807) is 0 Å². The van der Waals surface area contributed by atoms with Crippen molar-refractivity contribution >= 4 is 20.4 Å². The molecule has 2 atom stereocenters. The van der Waals surface area contributed by atoms with Crippen molar-refractivity contribution in [3.05, 3.63) is 35.9 Å². The minimum atomic E-state index is -0.768. The quantitative estimate of drug-likeness (QED) is 0.532. The van der Waals surface area contributed by atoms with Gasteiger partial charge in [0.1, 0.15) is 0 Å². The largest absolute Gasteiger partial charge is 0.127 e. The van der Waals surface area contributed by atoms with Gasteiger partial charge in [-0.15, -0.1) is 11.6 Å². The lowest BCUT2D eigenvalue weighted by atomic mass is 10.2. The molecule has 0 aromatic heterocycles. The molecule has 0 aliphatic rings. The van der Waals surface area contributed by atoms with Crippen LogP contribution in [0.3, 0.4) is 0 Å². The molecule has 0 saturated heterocycles. The average Bonchev–Trinajstić information content (AvgIpc) is 2.18. The highest BCUT2D eigenvalue weighted by atomic mass is 35.5. The van der Waals surface area contributed by atoms with Gasteiger partial charge in [0.25, 0.3) is 0 Å². The predicted molar refractivity (Wildman–Crippen MR) is 67.7 cm³/mol. The van der Waals surface area contributed by atoms with Crippen molar-refractivity contribution in [1.29, 1.82) is 0 Å². The van der Waals surface area contributed by atoms with Crippen molar-refractivity contribution < 1.29 is 0 Å². The SMILES string of the molecule is CCC[SiH](Cc1ccccc1)C(C)Cl. The molecule has 2 heteroatoms. The van der Waals surface area contributed by atoms with Gasteiger partial charge in [0.05, 0.1) is 8.80 Å². The molecule has 14 heavy (non-hydrogen) atoms. The van der Waals surface area contributed by atoms with Gasteiger partial charge >= 0.3 is 0 Å². The van der Waals surface area contributed by atoms with Gasteiger partial charge in [0.15, 0.2) is 0 Å². The van der Waals surface area contributed by atoms with Gasteiger partial charge in [-0.25, -0.2) is 0 Å². The molecule has 2 unspecified atom stereocenters. The fraction of sp³-hybridized carbons (Fsp3) is 0.500. The topological polar surface area (TPSA) is 0 Å². The molecule has 0 spiro atoms. The van der Waals surface area contributed by atoms with Crippen LogP contribution in [0.5, 0.6) is 0 Å². The summed E-state index contributed by atoms with van der Waals surface area (Å²) in [5.41, 5.74) is 1.46. The second-order valence-electron chi connectivity index (χ2n) is 3.92.